The van der Waals surface area contributed by atoms with E-state index in [0.29, 0.717) is 22.3 Å². The van der Waals surface area contributed by atoms with E-state index in [1.165, 1.54) is 17.8 Å². The van der Waals surface area contributed by atoms with Crippen LogP contribution in [0, 0.1) is 0 Å². The fraction of sp³-hybridized carbons (Fsp3) is 0.400. The van der Waals surface area contributed by atoms with Crippen LogP contribution in [-0.2, 0) is 4.74 Å². The van der Waals surface area contributed by atoms with Crippen molar-refractivity contribution in [2.24, 2.45) is 0 Å². The van der Waals surface area contributed by atoms with Crippen molar-refractivity contribution in [1.29, 1.82) is 0 Å². The molecule has 9 nitrogen and oxygen atoms in total. The third-order valence-corrected chi connectivity index (χ3v) is 3.87. The number of ether oxygens (including phenoxy) is 1. The van der Waals surface area contributed by atoms with Gasteiger partial charge in [-0.15, -0.1) is 0 Å². The van der Waals surface area contributed by atoms with Crippen LogP contribution >= 0.6 is 0 Å². The highest BCUT2D eigenvalue weighted by atomic mass is 19.1. The number of alkyl halides is 1. The maximum Gasteiger partial charge on any atom is 0.175 e. The third-order valence-electron chi connectivity index (χ3n) is 3.87. The Morgan fingerprint density at radius 3 is 2.88 bits per heavy atom. The average Bonchev–Trinajstić information content (AvgIpc) is 3.23. The van der Waals surface area contributed by atoms with E-state index in [1.54, 1.807) is 18.5 Å². The molecular formula is C15H19FN6O3. The second kappa shape index (κ2) is 6.75. The van der Waals surface area contributed by atoms with Gasteiger partial charge in [0.25, 0.3) is 0 Å². The number of aliphatic hydroxyl groups excluding tert-OH is 2. The highest BCUT2D eigenvalue weighted by Crippen LogP contribution is 2.37. The van der Waals surface area contributed by atoms with Gasteiger partial charge in [0.15, 0.2) is 11.9 Å². The van der Waals surface area contributed by atoms with Crippen LogP contribution in [0.1, 0.15) is 13.2 Å². The molecule has 0 saturated heterocycles. The van der Waals surface area contributed by atoms with E-state index in [2.05, 4.69) is 20.2 Å². The number of aromatic nitrogens is 5. The number of rotatable bonds is 7. The number of H-pyrrole nitrogens is 1. The van der Waals surface area contributed by atoms with E-state index in [4.69, 9.17) is 15.6 Å². The second-order valence-electron chi connectivity index (χ2n) is 5.76. The topological polar surface area (TPSA) is 135 Å². The lowest BCUT2D eigenvalue weighted by Gasteiger charge is -2.30. The SMILES string of the molecule is C[C@@](F)(CO)C(OCCO)n1cc(-c2ccn[nH]2)c2c(N)ncnc21. The first-order chi connectivity index (χ1) is 12.0. The summed E-state index contributed by atoms with van der Waals surface area (Å²) in [7, 11) is 0. The summed E-state index contributed by atoms with van der Waals surface area (Å²) in [5.74, 6) is 0.221. The lowest BCUT2D eigenvalue weighted by Crippen LogP contribution is -2.38. The van der Waals surface area contributed by atoms with Crippen molar-refractivity contribution in [3.8, 4) is 11.3 Å². The first kappa shape index (κ1) is 17.3. The molecule has 0 amide bonds. The first-order valence-corrected chi connectivity index (χ1v) is 7.62. The maximum absolute atomic E-state index is 14.9. The van der Waals surface area contributed by atoms with Crippen LogP contribution in [-0.4, -0.2) is 60.4 Å². The number of nitrogens with two attached hydrogens (primary N) is 1. The number of hydrogen-bond acceptors (Lipinski definition) is 7. The normalized spacial score (nSPS) is 15.4. The van der Waals surface area contributed by atoms with E-state index in [9.17, 15) is 9.50 Å². The van der Waals surface area contributed by atoms with Gasteiger partial charge in [0.1, 0.15) is 17.8 Å². The van der Waals surface area contributed by atoms with E-state index in [1.807, 2.05) is 0 Å². The van der Waals surface area contributed by atoms with Gasteiger partial charge < -0.3 is 25.3 Å². The zero-order valence-corrected chi connectivity index (χ0v) is 13.6. The Morgan fingerprint density at radius 2 is 2.24 bits per heavy atom. The molecule has 1 unspecified atom stereocenters. The fourth-order valence-electron chi connectivity index (χ4n) is 2.68. The quantitative estimate of drug-likeness (QED) is 0.491. The molecule has 0 aliphatic rings. The lowest BCUT2D eigenvalue weighted by molar-refractivity contribution is -0.120. The van der Waals surface area contributed by atoms with Crippen LogP contribution in [0.2, 0.25) is 0 Å². The van der Waals surface area contributed by atoms with Gasteiger partial charge in [-0.3, -0.25) is 5.10 Å². The van der Waals surface area contributed by atoms with Crippen LogP contribution in [0.3, 0.4) is 0 Å². The van der Waals surface area contributed by atoms with Gasteiger partial charge in [-0.2, -0.15) is 5.10 Å². The number of anilines is 1. The van der Waals surface area contributed by atoms with E-state index < -0.39 is 18.5 Å². The molecule has 0 spiro atoms. The van der Waals surface area contributed by atoms with Crippen LogP contribution in [0.25, 0.3) is 22.3 Å². The molecule has 0 bridgehead atoms. The predicted octanol–water partition coefficient (Wildman–Crippen LogP) is 0.632. The third kappa shape index (κ3) is 3.06. The molecular weight excluding hydrogens is 331 g/mol. The molecule has 25 heavy (non-hydrogen) atoms. The van der Waals surface area contributed by atoms with Crippen LogP contribution < -0.4 is 5.73 Å². The lowest BCUT2D eigenvalue weighted by atomic mass is 10.1. The molecule has 0 aliphatic heterocycles. The highest BCUT2D eigenvalue weighted by Gasteiger charge is 2.38. The zero-order valence-electron chi connectivity index (χ0n) is 13.6. The Kier molecular flexibility index (Phi) is 4.66. The standard InChI is InChI=1S/C15H19FN6O3/c1-15(16,7-24)14(25-5-4-23)22-6-9(10-2-3-20-21-10)11-12(17)18-8-19-13(11)22/h2-3,6,8,14,23-24H,4-5,7H2,1H3,(H,20,21)(H2,17,18,19)/t14?,15-/m1/s1. The van der Waals surface area contributed by atoms with Crippen molar-refractivity contribution in [3.63, 3.8) is 0 Å². The Hall–Kier alpha value is -2.56. The molecule has 0 aliphatic carbocycles. The number of aliphatic hydroxyl groups is 2. The molecule has 10 heteroatoms. The van der Waals surface area contributed by atoms with Crippen molar-refractivity contribution in [1.82, 2.24) is 24.7 Å². The summed E-state index contributed by atoms with van der Waals surface area (Å²) in [6.07, 6.45) is 3.23. The summed E-state index contributed by atoms with van der Waals surface area (Å²) in [6.45, 7) is 0.0373. The number of aromatic amines is 1. The number of halogens is 1. The van der Waals surface area contributed by atoms with Gasteiger partial charge in [0.2, 0.25) is 0 Å². The number of fused-ring (bicyclic) bond motifs is 1. The fourth-order valence-corrected chi connectivity index (χ4v) is 2.68. The minimum atomic E-state index is -2.12. The van der Waals surface area contributed by atoms with Gasteiger partial charge in [-0.05, 0) is 13.0 Å². The van der Waals surface area contributed by atoms with Gasteiger partial charge in [0, 0.05) is 18.0 Å². The monoisotopic (exact) mass is 350 g/mol. The Balaban J connectivity index is 2.22. The molecule has 2 atom stereocenters. The minimum Gasteiger partial charge on any atom is -0.394 e. The summed E-state index contributed by atoms with van der Waals surface area (Å²) in [4.78, 5) is 8.19. The molecule has 5 N–H and O–H groups in total. The van der Waals surface area contributed by atoms with E-state index in [0.717, 1.165) is 0 Å². The van der Waals surface area contributed by atoms with Gasteiger partial charge in [-0.25, -0.2) is 14.4 Å². The summed E-state index contributed by atoms with van der Waals surface area (Å²) >= 11 is 0. The summed E-state index contributed by atoms with van der Waals surface area (Å²) in [5, 5.41) is 25.7. The molecule has 3 aromatic heterocycles. The molecule has 0 saturated carbocycles. The maximum atomic E-state index is 14.9. The predicted molar refractivity (Wildman–Crippen MR) is 88.2 cm³/mol. The van der Waals surface area contributed by atoms with Crippen LogP contribution in [0.5, 0.6) is 0 Å². The van der Waals surface area contributed by atoms with E-state index in [-0.39, 0.29) is 19.0 Å². The first-order valence-electron chi connectivity index (χ1n) is 7.62. The van der Waals surface area contributed by atoms with Gasteiger partial charge in [-0.1, -0.05) is 0 Å². The van der Waals surface area contributed by atoms with Crippen molar-refractivity contribution >= 4 is 16.9 Å². The van der Waals surface area contributed by atoms with Crippen molar-refractivity contribution in [2.75, 3.05) is 25.6 Å². The largest absolute Gasteiger partial charge is 0.394 e. The average molecular weight is 350 g/mol. The number of nitrogens with zero attached hydrogens (tertiary/aromatic N) is 4. The smallest absolute Gasteiger partial charge is 0.175 e. The minimum absolute atomic E-state index is 0.107. The van der Waals surface area contributed by atoms with Gasteiger partial charge >= 0.3 is 0 Å². The number of hydrogen-bond donors (Lipinski definition) is 4. The summed E-state index contributed by atoms with van der Waals surface area (Å²) in [5.41, 5.74) is 5.49. The second-order valence-corrected chi connectivity index (χ2v) is 5.76. The Bertz CT molecular complexity index is 848. The Labute approximate surface area is 142 Å². The number of nitrogen functional groups attached to an aromatic ring is 1. The highest BCUT2D eigenvalue weighted by molar-refractivity contribution is 5.99. The molecule has 0 aromatic carbocycles. The van der Waals surface area contributed by atoms with E-state index >= 15 is 0 Å². The number of nitrogens with one attached hydrogen (secondary N) is 1. The molecule has 3 heterocycles. The molecule has 134 valence electrons. The molecule has 3 rings (SSSR count). The molecule has 0 fully saturated rings. The summed E-state index contributed by atoms with van der Waals surface area (Å²) in [6, 6.07) is 1.73. The van der Waals surface area contributed by atoms with Crippen molar-refractivity contribution in [3.05, 3.63) is 24.8 Å². The molecule has 3 aromatic rings. The van der Waals surface area contributed by atoms with Crippen LogP contribution in [0.15, 0.2) is 24.8 Å². The Morgan fingerprint density at radius 1 is 1.44 bits per heavy atom. The van der Waals surface area contributed by atoms with Crippen molar-refractivity contribution in [2.45, 2.75) is 18.8 Å². The summed E-state index contributed by atoms with van der Waals surface area (Å²) < 4.78 is 21.8. The zero-order chi connectivity index (χ0) is 18.0. The van der Waals surface area contributed by atoms with Crippen molar-refractivity contribution < 1.29 is 19.3 Å². The molecule has 0 radical (unpaired) electrons. The van der Waals surface area contributed by atoms with Gasteiger partial charge in [0.05, 0.1) is 30.9 Å². The van der Waals surface area contributed by atoms with Crippen LogP contribution in [0.4, 0.5) is 10.2 Å².